The number of quaternary nitrogens is 1. The molecule has 0 aromatic carbocycles. The van der Waals surface area contributed by atoms with Gasteiger partial charge in [-0.15, -0.1) is 0 Å². The van der Waals surface area contributed by atoms with Gasteiger partial charge in [-0.05, 0) is 57.8 Å². The van der Waals surface area contributed by atoms with Crippen LogP contribution in [0.15, 0.2) is 36.5 Å². The number of nitrogens with zero attached hydrogens (tertiary/aromatic N) is 1. The molecular weight excluding hydrogens is 611 g/mol. The monoisotopic (exact) mass is 686 g/mol. The topological polar surface area (TPSA) is 105 Å². The fourth-order valence-corrected chi connectivity index (χ4v) is 5.73. The zero-order valence-electron chi connectivity index (χ0n) is 31.0. The zero-order valence-corrected chi connectivity index (χ0v) is 31.9. The molecule has 0 bridgehead atoms. The van der Waals surface area contributed by atoms with Crippen LogP contribution >= 0.6 is 7.82 Å². The first-order valence-electron chi connectivity index (χ1n) is 18.9. The highest BCUT2D eigenvalue weighted by atomic mass is 31.2. The van der Waals surface area contributed by atoms with Crippen LogP contribution in [-0.4, -0.2) is 73.4 Å². The molecule has 0 aromatic heterocycles. The summed E-state index contributed by atoms with van der Waals surface area (Å²) in [5, 5.41) is 13.7. The molecule has 3 unspecified atom stereocenters. The van der Waals surface area contributed by atoms with Gasteiger partial charge in [0.1, 0.15) is 13.2 Å². The van der Waals surface area contributed by atoms with Gasteiger partial charge < -0.3 is 19.8 Å². The number of likely N-dealkylation sites (N-methyl/N-ethyl adjacent to an activating group) is 1. The number of hydrogen-bond acceptors (Lipinski definition) is 5. The average molecular weight is 686 g/mol. The van der Waals surface area contributed by atoms with Crippen molar-refractivity contribution in [3.8, 4) is 0 Å². The highest BCUT2D eigenvalue weighted by molar-refractivity contribution is 7.47. The Bertz CT molecular complexity index is 871. The molecule has 47 heavy (non-hydrogen) atoms. The van der Waals surface area contributed by atoms with Crippen molar-refractivity contribution in [2.24, 2.45) is 0 Å². The average Bonchev–Trinajstić information content (AvgIpc) is 3.01. The Labute approximate surface area is 289 Å². The van der Waals surface area contributed by atoms with E-state index >= 15 is 0 Å². The van der Waals surface area contributed by atoms with Crippen LogP contribution in [0.4, 0.5) is 0 Å². The van der Waals surface area contributed by atoms with Gasteiger partial charge in [-0.2, -0.15) is 0 Å². The van der Waals surface area contributed by atoms with Gasteiger partial charge in [0, 0.05) is 6.42 Å². The first-order chi connectivity index (χ1) is 22.5. The minimum atomic E-state index is -4.33. The Morgan fingerprint density at radius 2 is 1.17 bits per heavy atom. The van der Waals surface area contributed by atoms with Crippen LogP contribution < -0.4 is 5.32 Å². The molecule has 276 valence electrons. The van der Waals surface area contributed by atoms with Gasteiger partial charge in [-0.1, -0.05) is 121 Å². The van der Waals surface area contributed by atoms with E-state index in [2.05, 4.69) is 43.5 Å². The number of phosphoric ester groups is 1. The summed E-state index contributed by atoms with van der Waals surface area (Å²) < 4.78 is 23.4. The summed E-state index contributed by atoms with van der Waals surface area (Å²) in [5.74, 6) is -0.201. The first kappa shape index (κ1) is 45.7. The van der Waals surface area contributed by atoms with E-state index < -0.39 is 20.0 Å². The quantitative estimate of drug-likeness (QED) is 0.0275. The lowest BCUT2D eigenvalue weighted by Crippen LogP contribution is -2.45. The molecule has 0 saturated heterocycles. The SMILES string of the molecule is CCCCCC/C=C/CC/C=C/C(O)C(COP(=O)(O)OCC[N+](C)(C)C)NC(=O)CCCCCCC/C=C\CCCCCCCC. The van der Waals surface area contributed by atoms with Gasteiger partial charge in [0.15, 0.2) is 0 Å². The third-order valence-electron chi connectivity index (χ3n) is 8.08. The van der Waals surface area contributed by atoms with Gasteiger partial charge in [-0.3, -0.25) is 13.8 Å². The van der Waals surface area contributed by atoms with Crippen LogP contribution in [0.2, 0.25) is 0 Å². The summed E-state index contributed by atoms with van der Waals surface area (Å²) in [6.07, 6.45) is 35.0. The number of hydrogen-bond donors (Lipinski definition) is 3. The third kappa shape index (κ3) is 33.0. The Morgan fingerprint density at radius 3 is 1.72 bits per heavy atom. The predicted octanol–water partition coefficient (Wildman–Crippen LogP) is 9.57. The molecule has 1 amide bonds. The zero-order chi connectivity index (χ0) is 35.1. The van der Waals surface area contributed by atoms with Crippen LogP contribution in [0.5, 0.6) is 0 Å². The number of amides is 1. The van der Waals surface area contributed by atoms with Crippen molar-refractivity contribution in [3.63, 3.8) is 0 Å². The molecule has 0 aliphatic heterocycles. The Balaban J connectivity index is 4.56. The van der Waals surface area contributed by atoms with Gasteiger partial charge >= 0.3 is 7.82 Å². The molecule has 8 nitrogen and oxygen atoms in total. The van der Waals surface area contributed by atoms with Gasteiger partial charge in [-0.25, -0.2) is 4.57 Å². The fraction of sp³-hybridized carbons (Fsp3) is 0.816. The lowest BCUT2D eigenvalue weighted by molar-refractivity contribution is -0.870. The number of unbranched alkanes of at least 4 members (excludes halogenated alkanes) is 16. The van der Waals surface area contributed by atoms with Gasteiger partial charge in [0.25, 0.3) is 0 Å². The number of aliphatic hydroxyl groups excluding tert-OH is 1. The van der Waals surface area contributed by atoms with E-state index in [1.54, 1.807) is 6.08 Å². The predicted molar refractivity (Wildman–Crippen MR) is 198 cm³/mol. The van der Waals surface area contributed by atoms with E-state index in [4.69, 9.17) is 9.05 Å². The third-order valence-corrected chi connectivity index (χ3v) is 9.07. The van der Waals surface area contributed by atoms with Crippen molar-refractivity contribution in [2.45, 2.75) is 161 Å². The molecule has 0 rings (SSSR count). The fourth-order valence-electron chi connectivity index (χ4n) is 4.99. The molecule has 3 N–H and O–H groups in total. The first-order valence-corrected chi connectivity index (χ1v) is 20.4. The van der Waals surface area contributed by atoms with Crippen molar-refractivity contribution in [1.29, 1.82) is 0 Å². The smallest absolute Gasteiger partial charge is 0.387 e. The summed E-state index contributed by atoms with van der Waals surface area (Å²) in [6.45, 7) is 4.71. The number of rotatable bonds is 33. The molecule has 0 aliphatic rings. The lowest BCUT2D eigenvalue weighted by atomic mass is 10.1. The van der Waals surface area contributed by atoms with E-state index in [9.17, 15) is 19.4 Å². The van der Waals surface area contributed by atoms with Gasteiger partial charge in [0.2, 0.25) is 5.91 Å². The minimum Gasteiger partial charge on any atom is -0.387 e. The molecule has 0 fully saturated rings. The minimum absolute atomic E-state index is 0.0539. The largest absolute Gasteiger partial charge is 0.472 e. The summed E-state index contributed by atoms with van der Waals surface area (Å²) in [4.78, 5) is 22.9. The van der Waals surface area contributed by atoms with E-state index in [0.717, 1.165) is 51.4 Å². The van der Waals surface area contributed by atoms with Crippen molar-refractivity contribution in [1.82, 2.24) is 5.32 Å². The number of carbonyl (C=O) groups excluding carboxylic acids is 1. The molecule has 3 atom stereocenters. The van der Waals surface area contributed by atoms with Crippen LogP contribution in [0.25, 0.3) is 0 Å². The Morgan fingerprint density at radius 1 is 0.702 bits per heavy atom. The van der Waals surface area contributed by atoms with Crippen LogP contribution in [0.1, 0.15) is 149 Å². The lowest BCUT2D eigenvalue weighted by Gasteiger charge is -2.25. The number of carbonyl (C=O) groups is 1. The molecule has 0 heterocycles. The summed E-state index contributed by atoms with van der Waals surface area (Å²) in [5.41, 5.74) is 0. The number of nitrogens with one attached hydrogen (secondary N) is 1. The standard InChI is InChI=1S/C38H73N2O6P/c1-6-8-10-12-14-16-18-19-20-21-22-24-26-28-30-32-38(42)39-36(35-46-47(43,44)45-34-33-40(3,4)5)37(41)31-29-27-25-23-17-15-13-11-9-7-2/h17,19-20,23,29,31,36-37,41H,6-16,18,21-22,24-28,30,32-35H2,1-5H3,(H-,39,42,43,44)/p+1/b20-19-,23-17+,31-29+. The van der Waals surface area contributed by atoms with Crippen LogP contribution in [-0.2, 0) is 18.4 Å². The number of phosphoric acid groups is 1. The number of aliphatic hydroxyl groups is 1. The maximum atomic E-state index is 12.8. The number of allylic oxidation sites excluding steroid dienone is 5. The molecule has 0 aliphatic carbocycles. The molecule has 0 radical (unpaired) electrons. The normalized spacial score (nSPS) is 15.1. The molecule has 0 aromatic rings. The van der Waals surface area contributed by atoms with Gasteiger partial charge in [0.05, 0.1) is 39.9 Å². The summed E-state index contributed by atoms with van der Waals surface area (Å²) >= 11 is 0. The van der Waals surface area contributed by atoms with Crippen LogP contribution in [0, 0.1) is 0 Å². The van der Waals surface area contributed by atoms with E-state index in [-0.39, 0.29) is 19.1 Å². The van der Waals surface area contributed by atoms with E-state index in [1.807, 2.05) is 27.2 Å². The van der Waals surface area contributed by atoms with E-state index in [0.29, 0.717) is 17.4 Å². The second kappa shape index (κ2) is 30.8. The van der Waals surface area contributed by atoms with Crippen molar-refractivity contribution in [3.05, 3.63) is 36.5 Å². The van der Waals surface area contributed by atoms with E-state index in [1.165, 1.54) is 77.0 Å². The van der Waals surface area contributed by atoms with Crippen molar-refractivity contribution >= 4 is 13.7 Å². The highest BCUT2D eigenvalue weighted by Crippen LogP contribution is 2.43. The second-order valence-corrected chi connectivity index (χ2v) is 15.4. The Kier molecular flexibility index (Phi) is 29.9. The van der Waals surface area contributed by atoms with Crippen molar-refractivity contribution in [2.75, 3.05) is 40.9 Å². The molecular formula is C38H74N2O6P+. The maximum Gasteiger partial charge on any atom is 0.472 e. The Hall–Kier alpha value is -1.28. The highest BCUT2D eigenvalue weighted by Gasteiger charge is 2.27. The summed E-state index contributed by atoms with van der Waals surface area (Å²) in [7, 11) is 1.54. The van der Waals surface area contributed by atoms with Crippen molar-refractivity contribution < 1.29 is 32.9 Å². The molecule has 9 heteroatoms. The molecule has 0 saturated carbocycles. The maximum absolute atomic E-state index is 12.8. The summed E-state index contributed by atoms with van der Waals surface area (Å²) in [6, 6.07) is -0.863. The molecule has 0 spiro atoms. The second-order valence-electron chi connectivity index (χ2n) is 13.9. The van der Waals surface area contributed by atoms with Crippen LogP contribution in [0.3, 0.4) is 0 Å².